The van der Waals surface area contributed by atoms with Crippen molar-refractivity contribution in [3.8, 4) is 28.5 Å². The third-order valence-electron chi connectivity index (χ3n) is 6.83. The number of carboxylic acids is 1. The molecule has 0 radical (unpaired) electrons. The van der Waals surface area contributed by atoms with Gasteiger partial charge in [-0.25, -0.2) is 24.6 Å². The predicted octanol–water partition coefficient (Wildman–Crippen LogP) is 3.98. The van der Waals surface area contributed by atoms with Crippen LogP contribution in [-0.4, -0.2) is 52.1 Å². The van der Waals surface area contributed by atoms with Crippen molar-refractivity contribution < 1.29 is 14.6 Å². The number of carbonyl (C=O) groups is 1. The first-order valence-electron chi connectivity index (χ1n) is 12.6. The lowest BCUT2D eigenvalue weighted by Gasteiger charge is -2.27. The van der Waals surface area contributed by atoms with Crippen molar-refractivity contribution in [3.63, 3.8) is 0 Å². The van der Waals surface area contributed by atoms with Crippen molar-refractivity contribution in [2.75, 3.05) is 5.32 Å². The molecule has 1 aromatic carbocycles. The maximum atomic E-state index is 11.4. The normalized spacial score (nSPS) is 17.2. The second-order valence-electron chi connectivity index (χ2n) is 9.53. The maximum Gasteiger partial charge on any atom is 0.306 e. The van der Waals surface area contributed by atoms with Crippen LogP contribution in [0.1, 0.15) is 42.6 Å². The first-order valence-corrected chi connectivity index (χ1v) is 12.6. The van der Waals surface area contributed by atoms with E-state index in [-0.39, 0.29) is 12.0 Å². The van der Waals surface area contributed by atoms with Gasteiger partial charge in [-0.05, 0) is 51.2 Å². The number of rotatable bonds is 8. The van der Waals surface area contributed by atoms with Gasteiger partial charge in [-0.3, -0.25) is 4.79 Å². The van der Waals surface area contributed by atoms with E-state index in [1.54, 1.807) is 17.1 Å². The van der Waals surface area contributed by atoms with Crippen molar-refractivity contribution in [2.45, 2.75) is 52.2 Å². The van der Waals surface area contributed by atoms with E-state index in [0.29, 0.717) is 48.3 Å². The summed E-state index contributed by atoms with van der Waals surface area (Å²) in [5.41, 5.74) is 5.62. The average Bonchev–Trinajstić information content (AvgIpc) is 3.29. The summed E-state index contributed by atoms with van der Waals surface area (Å²) < 4.78 is 7.73. The number of benzene rings is 1. The number of ether oxygens (including phenoxy) is 1. The number of anilines is 1. The summed E-state index contributed by atoms with van der Waals surface area (Å²) in [4.78, 5) is 29.6. The number of hydrogen-bond donors (Lipinski definition) is 2. The Kier molecular flexibility index (Phi) is 7.25. The van der Waals surface area contributed by atoms with E-state index in [9.17, 15) is 9.90 Å². The molecule has 1 fully saturated rings. The summed E-state index contributed by atoms with van der Waals surface area (Å²) in [6.45, 7) is 4.26. The van der Waals surface area contributed by atoms with E-state index in [1.807, 2.05) is 38.2 Å². The smallest absolute Gasteiger partial charge is 0.306 e. The Labute approximate surface area is 220 Å². The largest absolute Gasteiger partial charge is 0.481 e. The quantitative estimate of drug-likeness (QED) is 0.355. The van der Waals surface area contributed by atoms with Gasteiger partial charge in [0.1, 0.15) is 23.2 Å². The van der Waals surface area contributed by atoms with Crippen LogP contribution in [0.2, 0.25) is 0 Å². The molecule has 0 amide bonds. The molecule has 0 spiro atoms. The van der Waals surface area contributed by atoms with Gasteiger partial charge in [0.15, 0.2) is 0 Å². The Balaban J connectivity index is 1.31. The first kappa shape index (κ1) is 25.2. The van der Waals surface area contributed by atoms with E-state index in [1.165, 1.54) is 0 Å². The highest BCUT2D eigenvalue weighted by Gasteiger charge is 2.29. The number of aromatic nitrogens is 7. The third kappa shape index (κ3) is 5.46. The van der Waals surface area contributed by atoms with Gasteiger partial charge in [-0.15, -0.1) is 5.10 Å². The molecule has 1 saturated carbocycles. The van der Waals surface area contributed by atoms with Crippen LogP contribution in [-0.2, 0) is 18.4 Å². The fourth-order valence-electron chi connectivity index (χ4n) is 4.73. The molecule has 1 aliphatic rings. The van der Waals surface area contributed by atoms with Crippen LogP contribution in [0.3, 0.4) is 0 Å². The monoisotopic (exact) mass is 514 g/mol. The zero-order valence-electron chi connectivity index (χ0n) is 21.6. The molecule has 4 aromatic rings. The van der Waals surface area contributed by atoms with E-state index >= 15 is 0 Å². The molecule has 0 bridgehead atoms. The Bertz CT molecular complexity index is 1450. The SMILES string of the molecule is Cc1ccccc1-c1ccnc(NCc2c(-c3cnc(O[C@H]4CCC[C@H](C(=O)O)C4)c(C)n3)nnn2C)n1. The number of nitrogens with zero attached hydrogens (tertiary/aromatic N) is 7. The van der Waals surface area contributed by atoms with Crippen LogP contribution in [0.5, 0.6) is 5.88 Å². The molecule has 38 heavy (non-hydrogen) atoms. The molecule has 2 atom stereocenters. The summed E-state index contributed by atoms with van der Waals surface area (Å²) in [5.74, 6) is -0.240. The molecule has 3 aromatic heterocycles. The van der Waals surface area contributed by atoms with Gasteiger partial charge in [-0.2, -0.15) is 0 Å². The van der Waals surface area contributed by atoms with E-state index in [0.717, 1.165) is 35.4 Å². The molecule has 3 heterocycles. The van der Waals surface area contributed by atoms with Crippen LogP contribution in [0.4, 0.5) is 5.95 Å². The Morgan fingerprint density at radius 1 is 1.13 bits per heavy atom. The van der Waals surface area contributed by atoms with Gasteiger partial charge in [0.2, 0.25) is 11.8 Å². The van der Waals surface area contributed by atoms with E-state index in [2.05, 4.69) is 48.6 Å². The summed E-state index contributed by atoms with van der Waals surface area (Å²) >= 11 is 0. The molecule has 0 aliphatic heterocycles. The first-order chi connectivity index (χ1) is 18.4. The van der Waals surface area contributed by atoms with Crippen LogP contribution >= 0.6 is 0 Å². The van der Waals surface area contributed by atoms with Crippen LogP contribution in [0, 0.1) is 19.8 Å². The van der Waals surface area contributed by atoms with Crippen molar-refractivity contribution in [2.24, 2.45) is 13.0 Å². The van der Waals surface area contributed by atoms with Gasteiger partial charge in [0.25, 0.3) is 0 Å². The Morgan fingerprint density at radius 2 is 1.97 bits per heavy atom. The van der Waals surface area contributed by atoms with Crippen LogP contribution < -0.4 is 10.1 Å². The van der Waals surface area contributed by atoms with Crippen molar-refractivity contribution in [1.29, 1.82) is 0 Å². The predicted molar refractivity (Wildman–Crippen MR) is 140 cm³/mol. The Morgan fingerprint density at radius 3 is 2.76 bits per heavy atom. The lowest BCUT2D eigenvalue weighted by molar-refractivity contribution is -0.143. The fourth-order valence-corrected chi connectivity index (χ4v) is 4.73. The second-order valence-corrected chi connectivity index (χ2v) is 9.53. The van der Waals surface area contributed by atoms with Gasteiger partial charge >= 0.3 is 5.97 Å². The van der Waals surface area contributed by atoms with Crippen molar-refractivity contribution >= 4 is 11.9 Å². The number of nitrogens with one attached hydrogen (secondary N) is 1. The molecule has 196 valence electrons. The molecular formula is C27H30N8O3. The van der Waals surface area contributed by atoms with Gasteiger partial charge < -0.3 is 15.2 Å². The molecule has 0 unspecified atom stereocenters. The summed E-state index contributed by atoms with van der Waals surface area (Å²) in [6.07, 6.45) is 5.95. The van der Waals surface area contributed by atoms with Crippen LogP contribution in [0.15, 0.2) is 42.7 Å². The van der Waals surface area contributed by atoms with Crippen LogP contribution in [0.25, 0.3) is 22.6 Å². The Hall–Kier alpha value is -4.41. The van der Waals surface area contributed by atoms with Crippen molar-refractivity contribution in [3.05, 3.63) is 59.7 Å². The molecule has 2 N–H and O–H groups in total. The molecular weight excluding hydrogens is 484 g/mol. The minimum absolute atomic E-state index is 0.185. The fraction of sp³-hybridized carbons (Fsp3) is 0.370. The van der Waals surface area contributed by atoms with Crippen molar-refractivity contribution in [1.82, 2.24) is 34.9 Å². The maximum absolute atomic E-state index is 11.4. The van der Waals surface area contributed by atoms with Gasteiger partial charge in [0.05, 0.1) is 30.0 Å². The molecule has 5 rings (SSSR count). The van der Waals surface area contributed by atoms with E-state index < -0.39 is 5.97 Å². The highest BCUT2D eigenvalue weighted by molar-refractivity contribution is 5.70. The van der Waals surface area contributed by atoms with Gasteiger partial charge in [-0.1, -0.05) is 29.5 Å². The minimum Gasteiger partial charge on any atom is -0.481 e. The van der Waals surface area contributed by atoms with Gasteiger partial charge in [0, 0.05) is 18.8 Å². The third-order valence-corrected chi connectivity index (χ3v) is 6.83. The minimum atomic E-state index is -0.771. The molecule has 11 heteroatoms. The van der Waals surface area contributed by atoms with E-state index in [4.69, 9.17) is 4.74 Å². The highest BCUT2D eigenvalue weighted by Crippen LogP contribution is 2.29. The number of aryl methyl sites for hydroxylation is 3. The standard InChI is InChI=1S/C27H30N8O3/c1-16-7-4-5-10-20(16)21-11-12-28-27(32-21)30-15-23-24(33-34-35(23)3)22-14-29-25(17(2)31-22)38-19-9-6-8-18(13-19)26(36)37/h4-5,7,10-12,14,18-19H,6,8-9,13,15H2,1-3H3,(H,36,37)(H,28,30,32)/t18-,19-/m0/s1. The molecule has 1 aliphatic carbocycles. The molecule has 11 nitrogen and oxygen atoms in total. The number of aliphatic carboxylic acids is 1. The zero-order valence-corrected chi connectivity index (χ0v) is 21.6. The number of hydrogen-bond acceptors (Lipinski definition) is 9. The highest BCUT2D eigenvalue weighted by atomic mass is 16.5. The topological polar surface area (TPSA) is 141 Å². The summed E-state index contributed by atoms with van der Waals surface area (Å²) in [6, 6.07) is 9.98. The summed E-state index contributed by atoms with van der Waals surface area (Å²) in [5, 5.41) is 21.1. The zero-order chi connectivity index (χ0) is 26.6. The molecule has 0 saturated heterocycles. The summed E-state index contributed by atoms with van der Waals surface area (Å²) in [7, 11) is 1.82. The number of carboxylic acid groups (broad SMARTS) is 1. The average molecular weight is 515 g/mol. The second kappa shape index (κ2) is 10.9. The lowest BCUT2D eigenvalue weighted by Crippen LogP contribution is -2.30. The lowest BCUT2D eigenvalue weighted by atomic mass is 9.87.